The van der Waals surface area contributed by atoms with Crippen molar-refractivity contribution in [3.63, 3.8) is 0 Å². The molecule has 0 amide bonds. The fourth-order valence-electron chi connectivity index (χ4n) is 1.61. The molecule has 0 saturated heterocycles. The van der Waals surface area contributed by atoms with E-state index in [0.29, 0.717) is 12.6 Å². The average molecular weight is 223 g/mol. The first-order valence-electron chi connectivity index (χ1n) is 5.77. The molecule has 0 aliphatic rings. The lowest BCUT2D eigenvalue weighted by molar-refractivity contribution is 0.165. The Balaban J connectivity index is 2.52. The van der Waals surface area contributed by atoms with Crippen molar-refractivity contribution in [3.8, 4) is 0 Å². The van der Waals surface area contributed by atoms with Gasteiger partial charge in [0.05, 0.1) is 6.61 Å². The van der Waals surface area contributed by atoms with Crippen molar-refractivity contribution in [1.29, 1.82) is 0 Å². The molecule has 0 aliphatic carbocycles. The van der Waals surface area contributed by atoms with E-state index in [9.17, 15) is 0 Å². The Labute approximate surface area is 97.5 Å². The number of ether oxygens (including phenoxy) is 1. The van der Waals surface area contributed by atoms with Crippen LogP contribution in [0.3, 0.4) is 0 Å². The summed E-state index contributed by atoms with van der Waals surface area (Å²) in [6, 6.07) is 2.29. The SMILES string of the molecule is CCCNC(COC)Cc1ccnc(C)n1. The zero-order valence-corrected chi connectivity index (χ0v) is 10.4. The van der Waals surface area contributed by atoms with E-state index >= 15 is 0 Å². The lowest BCUT2D eigenvalue weighted by Crippen LogP contribution is -2.36. The van der Waals surface area contributed by atoms with Crippen molar-refractivity contribution in [1.82, 2.24) is 15.3 Å². The molecule has 0 bridgehead atoms. The summed E-state index contributed by atoms with van der Waals surface area (Å²) in [5, 5.41) is 3.45. The van der Waals surface area contributed by atoms with Crippen molar-refractivity contribution in [2.45, 2.75) is 32.7 Å². The zero-order chi connectivity index (χ0) is 11.8. The normalized spacial score (nSPS) is 12.7. The van der Waals surface area contributed by atoms with Crippen LogP contribution in [-0.2, 0) is 11.2 Å². The number of rotatable bonds is 7. The molecular weight excluding hydrogens is 202 g/mol. The van der Waals surface area contributed by atoms with E-state index in [1.165, 1.54) is 0 Å². The third-order valence-corrected chi connectivity index (χ3v) is 2.34. The highest BCUT2D eigenvalue weighted by Gasteiger charge is 2.09. The minimum Gasteiger partial charge on any atom is -0.383 e. The average Bonchev–Trinajstić information content (AvgIpc) is 2.26. The van der Waals surface area contributed by atoms with Gasteiger partial charge in [0.1, 0.15) is 5.82 Å². The molecule has 1 aromatic heterocycles. The molecule has 1 atom stereocenters. The predicted molar refractivity (Wildman–Crippen MR) is 64.4 cm³/mol. The smallest absolute Gasteiger partial charge is 0.125 e. The molecular formula is C12H21N3O. The van der Waals surface area contributed by atoms with Crippen molar-refractivity contribution in [3.05, 3.63) is 23.8 Å². The van der Waals surface area contributed by atoms with Gasteiger partial charge in [-0.3, -0.25) is 0 Å². The highest BCUT2D eigenvalue weighted by molar-refractivity contribution is 5.03. The summed E-state index contributed by atoms with van der Waals surface area (Å²) >= 11 is 0. The van der Waals surface area contributed by atoms with Crippen LogP contribution in [0.25, 0.3) is 0 Å². The predicted octanol–water partition coefficient (Wildman–Crippen LogP) is 1.34. The molecule has 0 spiro atoms. The molecule has 4 nitrogen and oxygen atoms in total. The molecule has 1 heterocycles. The van der Waals surface area contributed by atoms with Gasteiger partial charge in [0.25, 0.3) is 0 Å². The number of hydrogen-bond acceptors (Lipinski definition) is 4. The molecule has 1 rings (SSSR count). The Hall–Kier alpha value is -1.00. The summed E-state index contributed by atoms with van der Waals surface area (Å²) in [6.45, 7) is 5.79. The minimum atomic E-state index is 0.333. The summed E-state index contributed by atoms with van der Waals surface area (Å²) in [5.41, 5.74) is 1.07. The monoisotopic (exact) mass is 223 g/mol. The van der Waals surface area contributed by atoms with Gasteiger partial charge < -0.3 is 10.1 Å². The fraction of sp³-hybridized carbons (Fsp3) is 0.667. The van der Waals surface area contributed by atoms with Crippen molar-refractivity contribution in [2.75, 3.05) is 20.3 Å². The van der Waals surface area contributed by atoms with Gasteiger partial charge in [-0.2, -0.15) is 0 Å². The van der Waals surface area contributed by atoms with Crippen LogP contribution >= 0.6 is 0 Å². The molecule has 0 aromatic carbocycles. The molecule has 0 saturated carbocycles. The minimum absolute atomic E-state index is 0.333. The van der Waals surface area contributed by atoms with Gasteiger partial charge in [-0.1, -0.05) is 6.92 Å². The topological polar surface area (TPSA) is 47.0 Å². The van der Waals surface area contributed by atoms with Gasteiger partial charge >= 0.3 is 0 Å². The maximum absolute atomic E-state index is 5.20. The van der Waals surface area contributed by atoms with E-state index in [1.54, 1.807) is 13.3 Å². The van der Waals surface area contributed by atoms with Crippen LogP contribution in [0, 0.1) is 6.92 Å². The number of nitrogens with one attached hydrogen (secondary N) is 1. The van der Waals surface area contributed by atoms with Crippen molar-refractivity contribution < 1.29 is 4.74 Å². The van der Waals surface area contributed by atoms with E-state index in [4.69, 9.17) is 4.74 Å². The maximum atomic E-state index is 5.20. The van der Waals surface area contributed by atoms with E-state index in [2.05, 4.69) is 22.2 Å². The third-order valence-electron chi connectivity index (χ3n) is 2.34. The molecule has 0 radical (unpaired) electrons. The van der Waals surface area contributed by atoms with Crippen LogP contribution < -0.4 is 5.32 Å². The van der Waals surface area contributed by atoms with Gasteiger partial charge in [-0.05, 0) is 26.0 Å². The Morgan fingerprint density at radius 2 is 2.31 bits per heavy atom. The van der Waals surface area contributed by atoms with Gasteiger partial charge in [0, 0.05) is 31.5 Å². The molecule has 0 fully saturated rings. The Morgan fingerprint density at radius 1 is 1.50 bits per heavy atom. The van der Waals surface area contributed by atoms with E-state index in [-0.39, 0.29) is 0 Å². The lowest BCUT2D eigenvalue weighted by atomic mass is 10.1. The third kappa shape index (κ3) is 4.68. The molecule has 4 heteroatoms. The van der Waals surface area contributed by atoms with E-state index < -0.39 is 0 Å². The lowest BCUT2D eigenvalue weighted by Gasteiger charge is -2.17. The Bertz CT molecular complexity index is 304. The van der Waals surface area contributed by atoms with Crippen LogP contribution in [0.15, 0.2) is 12.3 Å². The molecule has 1 aromatic rings. The quantitative estimate of drug-likeness (QED) is 0.758. The second kappa shape index (κ2) is 7.30. The number of hydrogen-bond donors (Lipinski definition) is 1. The fourth-order valence-corrected chi connectivity index (χ4v) is 1.61. The van der Waals surface area contributed by atoms with Gasteiger partial charge in [-0.15, -0.1) is 0 Å². The summed E-state index contributed by atoms with van der Waals surface area (Å²) in [5.74, 6) is 0.823. The van der Waals surface area contributed by atoms with Crippen molar-refractivity contribution in [2.24, 2.45) is 0 Å². The van der Waals surface area contributed by atoms with Crippen LogP contribution in [0.1, 0.15) is 24.9 Å². The standard InChI is InChI=1S/C12H21N3O/c1-4-6-14-12(9-16-3)8-11-5-7-13-10(2)15-11/h5,7,12,14H,4,6,8-9H2,1-3H3. The van der Waals surface area contributed by atoms with Gasteiger partial charge in [0.2, 0.25) is 0 Å². The number of aryl methyl sites for hydroxylation is 1. The first kappa shape index (κ1) is 13.1. The second-order valence-corrected chi connectivity index (χ2v) is 3.91. The summed E-state index contributed by atoms with van der Waals surface area (Å²) in [4.78, 5) is 8.49. The van der Waals surface area contributed by atoms with Gasteiger partial charge in [0.15, 0.2) is 0 Å². The van der Waals surface area contributed by atoms with Crippen LogP contribution in [0.4, 0.5) is 0 Å². The first-order valence-corrected chi connectivity index (χ1v) is 5.77. The second-order valence-electron chi connectivity index (χ2n) is 3.91. The molecule has 90 valence electrons. The molecule has 0 aliphatic heterocycles. The summed E-state index contributed by atoms with van der Waals surface area (Å²) in [7, 11) is 1.73. The van der Waals surface area contributed by atoms with Crippen molar-refractivity contribution >= 4 is 0 Å². The van der Waals surface area contributed by atoms with Crippen LogP contribution in [0.2, 0.25) is 0 Å². The number of aromatic nitrogens is 2. The Morgan fingerprint density at radius 3 is 2.94 bits per heavy atom. The molecule has 16 heavy (non-hydrogen) atoms. The maximum Gasteiger partial charge on any atom is 0.125 e. The van der Waals surface area contributed by atoms with Crippen LogP contribution in [0.5, 0.6) is 0 Å². The first-order chi connectivity index (χ1) is 7.76. The summed E-state index contributed by atoms with van der Waals surface area (Å²) in [6.07, 6.45) is 3.82. The van der Waals surface area contributed by atoms with E-state index in [0.717, 1.165) is 30.9 Å². The number of nitrogens with zero attached hydrogens (tertiary/aromatic N) is 2. The molecule has 1 unspecified atom stereocenters. The van der Waals surface area contributed by atoms with E-state index in [1.807, 2.05) is 13.0 Å². The largest absolute Gasteiger partial charge is 0.383 e. The Kier molecular flexibility index (Phi) is 5.96. The highest BCUT2D eigenvalue weighted by Crippen LogP contribution is 2.01. The van der Waals surface area contributed by atoms with Gasteiger partial charge in [-0.25, -0.2) is 9.97 Å². The molecule has 1 N–H and O–H groups in total. The van der Waals surface area contributed by atoms with Crippen LogP contribution in [-0.4, -0.2) is 36.3 Å². The highest BCUT2D eigenvalue weighted by atomic mass is 16.5. The zero-order valence-electron chi connectivity index (χ0n) is 10.4. The summed E-state index contributed by atoms with van der Waals surface area (Å²) < 4.78 is 5.20. The number of methoxy groups -OCH3 is 1.